The summed E-state index contributed by atoms with van der Waals surface area (Å²) >= 11 is 8.51. The van der Waals surface area contributed by atoms with Crippen molar-refractivity contribution in [2.45, 2.75) is 19.3 Å². The lowest BCUT2D eigenvalue weighted by Crippen LogP contribution is -2.05. The van der Waals surface area contributed by atoms with Crippen molar-refractivity contribution in [2.24, 2.45) is 0 Å². The van der Waals surface area contributed by atoms with E-state index in [9.17, 15) is 0 Å². The van der Waals surface area contributed by atoms with Crippen LogP contribution >= 0.6 is 40.0 Å². The number of nitrogens with zero attached hydrogens (tertiary/aromatic N) is 4. The second-order valence-corrected chi connectivity index (χ2v) is 9.93. The van der Waals surface area contributed by atoms with Crippen LogP contribution in [0.25, 0.3) is 22.8 Å². The molecule has 1 aromatic carbocycles. The summed E-state index contributed by atoms with van der Waals surface area (Å²) in [6, 6.07) is 10.8. The third-order valence-corrected chi connectivity index (χ3v) is 7.50. The Morgan fingerprint density at radius 2 is 1.97 bits per heavy atom. The molecule has 3 aromatic heterocycles. The fraction of sp³-hybridized carbons (Fsp3) is 0.208. The van der Waals surface area contributed by atoms with E-state index in [-0.39, 0.29) is 6.10 Å². The molecular weight excluding hydrogens is 605 g/mol. The highest BCUT2D eigenvalue weighted by Gasteiger charge is 2.16. The van der Waals surface area contributed by atoms with E-state index in [2.05, 4.69) is 37.1 Å². The van der Waals surface area contributed by atoms with E-state index < -0.39 is 12.1 Å². The number of benzene rings is 1. The Morgan fingerprint density at radius 1 is 1.17 bits per heavy atom. The van der Waals surface area contributed by atoms with Crippen molar-refractivity contribution in [3.63, 3.8) is 0 Å². The van der Waals surface area contributed by atoms with Gasteiger partial charge < -0.3 is 14.2 Å². The zero-order valence-electron chi connectivity index (χ0n) is 19.1. The summed E-state index contributed by atoms with van der Waals surface area (Å²) in [7, 11) is 3.04. The van der Waals surface area contributed by atoms with E-state index in [1.165, 1.54) is 26.5 Å². The van der Waals surface area contributed by atoms with Crippen LogP contribution in [-0.4, -0.2) is 33.7 Å². The summed E-state index contributed by atoms with van der Waals surface area (Å²) in [4.78, 5) is 8.27. The molecule has 35 heavy (non-hydrogen) atoms. The number of hydrogen-bond donors (Lipinski definition) is 0. The number of pyridine rings is 2. The summed E-state index contributed by atoms with van der Waals surface area (Å²) in [6.45, 7) is 1.91. The van der Waals surface area contributed by atoms with Crippen molar-refractivity contribution in [1.82, 2.24) is 19.5 Å². The molecule has 4 aromatic rings. The molecule has 7 nitrogen and oxygen atoms in total. The van der Waals surface area contributed by atoms with Gasteiger partial charge in [-0.05, 0) is 65.4 Å². The second-order valence-electron chi connectivity index (χ2n) is 7.49. The molecule has 3 heterocycles. The maximum absolute atomic E-state index is 15.2. The van der Waals surface area contributed by atoms with Crippen LogP contribution in [0.3, 0.4) is 0 Å². The lowest BCUT2D eigenvalue weighted by molar-refractivity contribution is -0.108. The topological polar surface area (TPSA) is 71.3 Å². The lowest BCUT2D eigenvalue weighted by atomic mass is 10.1. The number of fused-ring (bicyclic) bond motifs is 1. The van der Waals surface area contributed by atoms with Crippen LogP contribution in [0.5, 0.6) is 5.75 Å². The van der Waals surface area contributed by atoms with Gasteiger partial charge in [-0.3, -0.25) is 9.97 Å². The van der Waals surface area contributed by atoms with Gasteiger partial charge in [0.15, 0.2) is 0 Å². The minimum absolute atomic E-state index is 0.298. The van der Waals surface area contributed by atoms with Crippen LogP contribution in [0.2, 0.25) is 5.02 Å². The first-order valence-corrected chi connectivity index (χ1v) is 14.9. The Kier molecular flexibility index (Phi) is 8.67. The van der Waals surface area contributed by atoms with Gasteiger partial charge >= 0.3 is 0 Å². The molecule has 0 amide bonds. The third kappa shape index (κ3) is 5.81. The zero-order chi connectivity index (χ0) is 24.9. The van der Waals surface area contributed by atoms with Gasteiger partial charge in [0.2, 0.25) is 6.29 Å². The first kappa shape index (κ1) is 25.9. The van der Waals surface area contributed by atoms with Gasteiger partial charge in [-0.1, -0.05) is 11.6 Å². The molecule has 0 radical (unpaired) electrons. The molecule has 0 aliphatic carbocycles. The maximum Gasteiger partial charge on any atom is 0.200 e. The van der Waals surface area contributed by atoms with Crippen LogP contribution in [0.1, 0.15) is 41.8 Å². The fourth-order valence-electron chi connectivity index (χ4n) is 3.58. The smallest absolute Gasteiger partial charge is 0.200 e. The van der Waals surface area contributed by atoms with Crippen LogP contribution < -0.4 is 4.74 Å². The SMILES string of the molecule is COC(OC)c1ccc(/C(F)=C/c2nn(PI)c3ccc(OC(C)c4ccncc4Cl)cc23)cn1. The predicted molar refractivity (Wildman–Crippen MR) is 146 cm³/mol. The molecule has 0 N–H and O–H groups in total. The Balaban J connectivity index is 1.65. The van der Waals surface area contributed by atoms with Gasteiger partial charge in [-0.15, -0.1) is 0 Å². The monoisotopic (exact) mass is 626 g/mol. The van der Waals surface area contributed by atoms with Crippen molar-refractivity contribution in [2.75, 3.05) is 14.2 Å². The average molecular weight is 627 g/mol. The normalized spacial score (nSPS) is 13.3. The minimum Gasteiger partial charge on any atom is -0.486 e. The van der Waals surface area contributed by atoms with Crippen LogP contribution in [0.4, 0.5) is 4.39 Å². The van der Waals surface area contributed by atoms with Crippen molar-refractivity contribution < 1.29 is 18.6 Å². The highest BCUT2D eigenvalue weighted by molar-refractivity contribution is 14.2. The van der Waals surface area contributed by atoms with Crippen LogP contribution in [0, 0.1) is 0 Å². The lowest BCUT2D eigenvalue weighted by Gasteiger charge is -2.16. The Bertz CT molecular complexity index is 1350. The first-order chi connectivity index (χ1) is 16.9. The first-order valence-electron chi connectivity index (χ1n) is 10.5. The van der Waals surface area contributed by atoms with E-state index in [4.69, 9.17) is 25.8 Å². The minimum atomic E-state index is -0.608. The standard InChI is InChI=1S/C24H22ClFIN4O3P/c1-14(17-8-9-28-13-19(17)25)34-16-5-7-23-18(10-16)22(30-31(23)35-27)11-20(26)15-4-6-21(29-12-15)24(32-2)33-3/h4-14,24,35H,1-3H3/b20-11-. The van der Waals surface area contributed by atoms with Gasteiger partial charge in [0.1, 0.15) is 17.7 Å². The van der Waals surface area contributed by atoms with Gasteiger partial charge in [0.05, 0.1) is 28.3 Å². The Hall–Kier alpha value is -2.17. The van der Waals surface area contributed by atoms with Crippen molar-refractivity contribution in [1.29, 1.82) is 0 Å². The van der Waals surface area contributed by atoms with Gasteiger partial charge in [-0.2, -0.15) is 5.10 Å². The molecule has 0 saturated heterocycles. The van der Waals surface area contributed by atoms with E-state index in [0.717, 1.165) is 16.5 Å². The van der Waals surface area contributed by atoms with E-state index in [1.807, 2.05) is 35.6 Å². The van der Waals surface area contributed by atoms with Crippen molar-refractivity contribution >= 4 is 62.8 Å². The molecule has 11 heteroatoms. The second kappa shape index (κ2) is 11.7. The van der Waals surface area contributed by atoms with Crippen molar-refractivity contribution in [3.8, 4) is 5.75 Å². The molecule has 2 atom stereocenters. The summed E-state index contributed by atoms with van der Waals surface area (Å²) in [5, 5.41) is 5.91. The summed E-state index contributed by atoms with van der Waals surface area (Å²) in [5.74, 6) is 0.169. The summed E-state index contributed by atoms with van der Waals surface area (Å²) in [6.07, 6.45) is 5.55. The molecular formula is C24H22ClFIN4O3P. The number of hydrogen-bond acceptors (Lipinski definition) is 6. The van der Waals surface area contributed by atoms with E-state index >= 15 is 4.39 Å². The molecule has 4 rings (SSSR count). The number of ether oxygens (including phenoxy) is 3. The molecule has 0 spiro atoms. The average Bonchev–Trinajstić information content (AvgIpc) is 3.22. The molecule has 0 aliphatic heterocycles. The Labute approximate surface area is 222 Å². The summed E-state index contributed by atoms with van der Waals surface area (Å²) < 4.78 is 33.5. The van der Waals surface area contributed by atoms with Gasteiger partial charge in [-0.25, -0.2) is 8.84 Å². The number of methoxy groups -OCH3 is 2. The van der Waals surface area contributed by atoms with Crippen LogP contribution in [-0.2, 0) is 9.47 Å². The van der Waals surface area contributed by atoms with Gasteiger partial charge in [0.25, 0.3) is 0 Å². The third-order valence-electron chi connectivity index (χ3n) is 5.31. The molecule has 2 unspecified atom stereocenters. The van der Waals surface area contributed by atoms with E-state index in [1.54, 1.807) is 24.5 Å². The maximum atomic E-state index is 15.2. The number of rotatable bonds is 9. The Morgan fingerprint density at radius 3 is 2.63 bits per heavy atom. The molecule has 0 fully saturated rings. The zero-order valence-corrected chi connectivity index (χ0v) is 23.0. The molecule has 0 bridgehead atoms. The van der Waals surface area contributed by atoms with Crippen LogP contribution in [0.15, 0.2) is 55.0 Å². The quantitative estimate of drug-likeness (QED) is 0.111. The summed E-state index contributed by atoms with van der Waals surface area (Å²) in [5.41, 5.74) is 3.09. The predicted octanol–water partition coefficient (Wildman–Crippen LogP) is 7.17. The van der Waals surface area contributed by atoms with Gasteiger partial charge in [0, 0.05) is 55.4 Å². The molecule has 0 saturated carbocycles. The number of halogens is 3. The molecule has 0 aliphatic rings. The molecule has 182 valence electrons. The highest BCUT2D eigenvalue weighted by Crippen LogP contribution is 2.35. The largest absolute Gasteiger partial charge is 0.486 e. The fourth-order valence-corrected chi connectivity index (χ4v) is 5.38. The number of aromatic nitrogens is 4. The highest BCUT2D eigenvalue weighted by atomic mass is 127. The van der Waals surface area contributed by atoms with E-state index in [0.29, 0.717) is 34.1 Å². The van der Waals surface area contributed by atoms with Crippen molar-refractivity contribution in [3.05, 3.63) is 82.5 Å².